The average molecular weight is 352 g/mol. The van der Waals surface area contributed by atoms with E-state index in [1.165, 1.54) is 0 Å². The molecule has 1 atom stereocenters. The fourth-order valence-electron chi connectivity index (χ4n) is 3.34. The van der Waals surface area contributed by atoms with Crippen molar-refractivity contribution in [3.63, 3.8) is 0 Å². The molecule has 0 bridgehead atoms. The van der Waals surface area contributed by atoms with Gasteiger partial charge >= 0.3 is 5.76 Å². The third-order valence-corrected chi connectivity index (χ3v) is 4.85. The Hall–Kier alpha value is -3.02. The number of rotatable bonds is 6. The van der Waals surface area contributed by atoms with Crippen LogP contribution in [0.4, 0.5) is 5.69 Å². The number of ether oxygens (including phenoxy) is 1. The maximum Gasteiger partial charge on any atom is 0.417 e. The number of hydrogen-bond donors (Lipinski definition) is 2. The van der Waals surface area contributed by atoms with Crippen molar-refractivity contribution in [3.05, 3.63) is 58.6 Å². The van der Waals surface area contributed by atoms with Crippen LogP contribution in [0.25, 0.3) is 11.1 Å². The second kappa shape index (κ2) is 6.71. The molecule has 1 aliphatic rings. The van der Waals surface area contributed by atoms with Crippen LogP contribution in [0.1, 0.15) is 30.7 Å². The fraction of sp³-hybridized carbons (Fsp3) is 0.300. The zero-order chi connectivity index (χ0) is 18.1. The molecule has 26 heavy (non-hydrogen) atoms. The maximum atomic E-state index is 12.6. The number of methoxy groups -OCH3 is 1. The van der Waals surface area contributed by atoms with E-state index in [9.17, 15) is 9.59 Å². The molecular weight excluding hydrogens is 332 g/mol. The molecule has 0 radical (unpaired) electrons. The number of fused-ring (bicyclic) bond motifs is 1. The first kappa shape index (κ1) is 16.4. The fourth-order valence-corrected chi connectivity index (χ4v) is 3.34. The first-order chi connectivity index (χ1) is 12.6. The molecule has 2 N–H and O–H groups in total. The minimum Gasteiger partial charge on any atom is -0.497 e. The van der Waals surface area contributed by atoms with Gasteiger partial charge in [0.1, 0.15) is 5.75 Å². The lowest BCUT2D eigenvalue weighted by molar-refractivity contribution is -0.116. The van der Waals surface area contributed by atoms with Crippen LogP contribution in [0.5, 0.6) is 5.75 Å². The summed E-state index contributed by atoms with van der Waals surface area (Å²) in [6, 6.07) is 13.1. The number of oxazole rings is 1. The van der Waals surface area contributed by atoms with Crippen LogP contribution in [0, 0.1) is 5.92 Å². The normalized spacial score (nSPS) is 15.0. The molecule has 4 rings (SSSR count). The van der Waals surface area contributed by atoms with Gasteiger partial charge in [0.15, 0.2) is 5.58 Å². The number of aromatic nitrogens is 1. The van der Waals surface area contributed by atoms with Crippen molar-refractivity contribution in [2.75, 3.05) is 12.4 Å². The van der Waals surface area contributed by atoms with Crippen molar-refractivity contribution in [1.29, 1.82) is 0 Å². The van der Waals surface area contributed by atoms with Gasteiger partial charge in [0.25, 0.3) is 0 Å². The van der Waals surface area contributed by atoms with Crippen LogP contribution in [0.15, 0.2) is 51.7 Å². The summed E-state index contributed by atoms with van der Waals surface area (Å²) in [6.45, 7) is 0. The van der Waals surface area contributed by atoms with Gasteiger partial charge in [0.05, 0.1) is 12.6 Å². The summed E-state index contributed by atoms with van der Waals surface area (Å²) in [6.07, 6.45) is 2.74. The number of carbonyl (C=O) groups is 1. The van der Waals surface area contributed by atoms with Crippen LogP contribution in [0.2, 0.25) is 0 Å². The quantitative estimate of drug-likeness (QED) is 0.709. The summed E-state index contributed by atoms with van der Waals surface area (Å²) in [5.74, 6) is 1.02. The number of anilines is 1. The zero-order valence-corrected chi connectivity index (χ0v) is 14.5. The summed E-state index contributed by atoms with van der Waals surface area (Å²) in [7, 11) is 1.64. The molecule has 1 fully saturated rings. The number of nitrogens with one attached hydrogen (secondary N) is 2. The lowest BCUT2D eigenvalue weighted by Gasteiger charge is -2.17. The van der Waals surface area contributed by atoms with Crippen molar-refractivity contribution < 1.29 is 13.9 Å². The minimum absolute atomic E-state index is 0.0463. The summed E-state index contributed by atoms with van der Waals surface area (Å²) >= 11 is 0. The van der Waals surface area contributed by atoms with E-state index in [-0.39, 0.29) is 11.8 Å². The standard InChI is InChI=1S/C20H20N2O4/c1-25-15-7-4-13(5-8-15)16(12-2-3-12)11-19(23)21-14-6-9-17-18(10-14)26-20(24)22-17/h4-10,12,16H,2-3,11H2,1H3,(H,21,23)(H,22,24). The van der Waals surface area contributed by atoms with Gasteiger partial charge < -0.3 is 14.5 Å². The number of aromatic amines is 1. The highest BCUT2D eigenvalue weighted by atomic mass is 16.5. The van der Waals surface area contributed by atoms with Crippen molar-refractivity contribution >= 4 is 22.7 Å². The van der Waals surface area contributed by atoms with Crippen LogP contribution in [-0.2, 0) is 4.79 Å². The first-order valence-corrected chi connectivity index (χ1v) is 8.69. The van der Waals surface area contributed by atoms with Crippen LogP contribution in [0.3, 0.4) is 0 Å². The van der Waals surface area contributed by atoms with E-state index < -0.39 is 5.76 Å². The predicted octanol–water partition coefficient (Wildman–Crippen LogP) is 3.65. The summed E-state index contributed by atoms with van der Waals surface area (Å²) in [4.78, 5) is 26.4. The molecule has 134 valence electrons. The molecule has 1 unspecified atom stereocenters. The molecule has 6 nitrogen and oxygen atoms in total. The maximum absolute atomic E-state index is 12.6. The van der Waals surface area contributed by atoms with Gasteiger partial charge in [-0.3, -0.25) is 9.78 Å². The highest BCUT2D eigenvalue weighted by Crippen LogP contribution is 2.44. The van der Waals surface area contributed by atoms with E-state index in [1.54, 1.807) is 25.3 Å². The Morgan fingerprint density at radius 3 is 2.73 bits per heavy atom. The van der Waals surface area contributed by atoms with Gasteiger partial charge in [-0.15, -0.1) is 0 Å². The predicted molar refractivity (Wildman–Crippen MR) is 98.5 cm³/mol. The van der Waals surface area contributed by atoms with E-state index in [1.807, 2.05) is 24.3 Å². The third-order valence-electron chi connectivity index (χ3n) is 4.85. The molecule has 1 amide bonds. The Morgan fingerprint density at radius 1 is 1.27 bits per heavy atom. The highest BCUT2D eigenvalue weighted by Gasteiger charge is 2.33. The molecule has 0 spiro atoms. The summed E-state index contributed by atoms with van der Waals surface area (Å²) < 4.78 is 10.2. The van der Waals surface area contributed by atoms with E-state index >= 15 is 0 Å². The molecular formula is C20H20N2O4. The van der Waals surface area contributed by atoms with Crippen molar-refractivity contribution in [1.82, 2.24) is 4.98 Å². The Kier molecular flexibility index (Phi) is 4.24. The summed E-state index contributed by atoms with van der Waals surface area (Å²) in [5, 5.41) is 2.91. The molecule has 0 aliphatic heterocycles. The van der Waals surface area contributed by atoms with E-state index in [2.05, 4.69) is 10.3 Å². The number of benzene rings is 2. The van der Waals surface area contributed by atoms with Crippen molar-refractivity contribution in [2.24, 2.45) is 5.92 Å². The van der Waals surface area contributed by atoms with Crippen LogP contribution >= 0.6 is 0 Å². The molecule has 2 aromatic carbocycles. The van der Waals surface area contributed by atoms with Gasteiger partial charge in [0.2, 0.25) is 5.91 Å². The third kappa shape index (κ3) is 3.49. The molecule has 1 aliphatic carbocycles. The Morgan fingerprint density at radius 2 is 2.04 bits per heavy atom. The molecule has 1 aromatic heterocycles. The van der Waals surface area contributed by atoms with Gasteiger partial charge in [0, 0.05) is 18.2 Å². The molecule has 0 saturated heterocycles. The van der Waals surface area contributed by atoms with E-state index in [4.69, 9.17) is 9.15 Å². The van der Waals surface area contributed by atoms with E-state index in [0.717, 1.165) is 24.2 Å². The van der Waals surface area contributed by atoms with Crippen molar-refractivity contribution in [3.8, 4) is 5.75 Å². The monoisotopic (exact) mass is 352 g/mol. The highest BCUT2D eigenvalue weighted by molar-refractivity contribution is 5.93. The number of carbonyl (C=O) groups excluding carboxylic acids is 1. The minimum atomic E-state index is -0.503. The van der Waals surface area contributed by atoms with Crippen molar-refractivity contribution in [2.45, 2.75) is 25.2 Å². The molecule has 1 saturated carbocycles. The topological polar surface area (TPSA) is 84.3 Å². The molecule has 6 heteroatoms. The van der Waals surface area contributed by atoms with Crippen LogP contribution in [-0.4, -0.2) is 18.0 Å². The zero-order valence-electron chi connectivity index (χ0n) is 14.5. The average Bonchev–Trinajstić information content (AvgIpc) is 3.41. The number of H-pyrrole nitrogens is 1. The lowest BCUT2D eigenvalue weighted by atomic mass is 9.90. The Balaban J connectivity index is 1.47. The van der Waals surface area contributed by atoms with Crippen LogP contribution < -0.4 is 15.8 Å². The molecule has 3 aromatic rings. The Labute approximate surface area is 150 Å². The van der Waals surface area contributed by atoms with Gasteiger partial charge in [-0.05, 0) is 54.5 Å². The SMILES string of the molecule is COc1ccc(C(CC(=O)Nc2ccc3[nH]c(=O)oc3c2)C2CC2)cc1. The smallest absolute Gasteiger partial charge is 0.417 e. The largest absolute Gasteiger partial charge is 0.497 e. The Bertz CT molecular complexity index is 983. The van der Waals surface area contributed by atoms with Gasteiger partial charge in [-0.1, -0.05) is 12.1 Å². The number of amides is 1. The molecule has 1 heterocycles. The van der Waals surface area contributed by atoms with Gasteiger partial charge in [-0.2, -0.15) is 0 Å². The second-order valence-corrected chi connectivity index (χ2v) is 6.69. The number of hydrogen-bond acceptors (Lipinski definition) is 4. The first-order valence-electron chi connectivity index (χ1n) is 8.69. The second-order valence-electron chi connectivity index (χ2n) is 6.69. The lowest BCUT2D eigenvalue weighted by Crippen LogP contribution is -2.16. The van der Waals surface area contributed by atoms with Gasteiger partial charge in [-0.25, -0.2) is 4.79 Å². The summed E-state index contributed by atoms with van der Waals surface area (Å²) in [5.41, 5.74) is 2.83. The van der Waals surface area contributed by atoms with E-state index in [0.29, 0.717) is 29.1 Å².